The summed E-state index contributed by atoms with van der Waals surface area (Å²) in [5.41, 5.74) is 0.713. The van der Waals surface area contributed by atoms with Crippen LogP contribution < -0.4 is 4.74 Å². The van der Waals surface area contributed by atoms with Crippen LogP contribution >= 0.6 is 0 Å². The highest BCUT2D eigenvalue weighted by Gasteiger charge is 2.39. The van der Waals surface area contributed by atoms with E-state index in [0.29, 0.717) is 25.2 Å². The minimum atomic E-state index is -0.368. The molecule has 25 heavy (non-hydrogen) atoms. The molecule has 1 aromatic rings. The average molecular weight is 340 g/mol. The summed E-state index contributed by atoms with van der Waals surface area (Å²) in [6, 6.07) is 3.96. The number of hydrogen-bond donors (Lipinski definition) is 0. The van der Waals surface area contributed by atoms with Crippen molar-refractivity contribution >= 4 is 5.91 Å². The normalized spacial score (nSPS) is 18.6. The Kier molecular flexibility index (Phi) is 5.32. The number of methoxy groups -OCH3 is 1. The van der Waals surface area contributed by atoms with Gasteiger partial charge in [-0.25, -0.2) is 0 Å². The molecule has 3 heterocycles. The fraction of sp³-hybridized carbons (Fsp3) is 0.579. The van der Waals surface area contributed by atoms with Crippen LogP contribution in [0.15, 0.2) is 28.6 Å². The second kappa shape index (κ2) is 7.64. The second-order valence-electron chi connectivity index (χ2n) is 6.66. The van der Waals surface area contributed by atoms with Crippen LogP contribution in [0, 0.1) is 12.3 Å². The van der Waals surface area contributed by atoms with E-state index >= 15 is 0 Å². The maximum atomic E-state index is 12.4. The lowest BCUT2D eigenvalue weighted by Gasteiger charge is -2.32. The Balaban J connectivity index is 1.44. The number of nitrogens with zero attached hydrogens (tertiary/aromatic N) is 4. The third-order valence-corrected chi connectivity index (χ3v) is 5.05. The number of amides is 1. The van der Waals surface area contributed by atoms with E-state index < -0.39 is 0 Å². The van der Waals surface area contributed by atoms with Gasteiger partial charge in [0, 0.05) is 50.4 Å². The number of likely N-dealkylation sites (tertiary alicyclic amines) is 1. The van der Waals surface area contributed by atoms with Crippen molar-refractivity contribution in [3.63, 3.8) is 0 Å². The number of piperidine rings is 1. The number of carbonyl (C=O) groups is 1. The predicted octanol–water partition coefficient (Wildman–Crippen LogP) is 3.15. The Labute approximate surface area is 148 Å². The molecule has 0 radical (unpaired) electrons. The van der Waals surface area contributed by atoms with Gasteiger partial charge in [0.2, 0.25) is 5.91 Å². The van der Waals surface area contributed by atoms with E-state index in [1.165, 1.54) is 0 Å². The maximum Gasteiger partial charge on any atom is 0.222 e. The average Bonchev–Trinajstić information content (AvgIpc) is 3.45. The van der Waals surface area contributed by atoms with Gasteiger partial charge in [0.25, 0.3) is 0 Å². The first-order valence-electron chi connectivity index (χ1n) is 8.81. The number of hydrogen-bond acceptors (Lipinski definition) is 5. The van der Waals surface area contributed by atoms with Gasteiger partial charge in [-0.3, -0.25) is 9.78 Å². The minimum absolute atomic E-state index is 0.193. The second-order valence-corrected chi connectivity index (χ2v) is 6.66. The summed E-state index contributed by atoms with van der Waals surface area (Å²) < 4.78 is 5.15. The molecule has 132 valence electrons. The lowest BCUT2D eigenvalue weighted by molar-refractivity contribution is -0.132. The summed E-state index contributed by atoms with van der Waals surface area (Å²) >= 11 is 0. The van der Waals surface area contributed by atoms with Crippen molar-refractivity contribution in [3.05, 3.63) is 24.0 Å². The first-order chi connectivity index (χ1) is 12.2. The van der Waals surface area contributed by atoms with E-state index in [4.69, 9.17) is 11.2 Å². The number of terminal acetylenes is 1. The monoisotopic (exact) mass is 340 g/mol. The molecule has 0 saturated carbocycles. The van der Waals surface area contributed by atoms with Crippen LogP contribution in [0.2, 0.25) is 0 Å². The lowest BCUT2D eigenvalue weighted by Crippen LogP contribution is -2.38. The van der Waals surface area contributed by atoms with E-state index in [1.807, 2.05) is 17.0 Å². The molecule has 2 aliphatic heterocycles. The lowest BCUT2D eigenvalue weighted by atomic mass is 9.92. The Bertz CT molecular complexity index is 664. The zero-order valence-corrected chi connectivity index (χ0v) is 14.6. The number of carbonyl (C=O) groups excluding carboxylic acids is 1. The molecule has 0 atom stereocenters. The fourth-order valence-corrected chi connectivity index (χ4v) is 3.31. The topological polar surface area (TPSA) is 67.2 Å². The van der Waals surface area contributed by atoms with Crippen LogP contribution in [0.4, 0.5) is 0 Å². The van der Waals surface area contributed by atoms with Gasteiger partial charge in [-0.15, -0.1) is 12.3 Å². The SMILES string of the molecule is C#CCCC1(CCC(=O)N2CCC(c3ccc(OC)cn3)CC2)N=N1. The number of ether oxygens (including phenoxy) is 1. The van der Waals surface area contributed by atoms with Crippen LogP contribution in [-0.2, 0) is 4.79 Å². The summed E-state index contributed by atoms with van der Waals surface area (Å²) in [5, 5.41) is 8.19. The van der Waals surface area contributed by atoms with Crippen LogP contribution in [0.5, 0.6) is 5.75 Å². The molecule has 0 unspecified atom stereocenters. The maximum absolute atomic E-state index is 12.4. The van der Waals surface area contributed by atoms with Crippen LogP contribution in [0.3, 0.4) is 0 Å². The molecule has 6 heteroatoms. The Morgan fingerprint density at radius 1 is 1.36 bits per heavy atom. The summed E-state index contributed by atoms with van der Waals surface area (Å²) in [7, 11) is 1.64. The molecule has 1 saturated heterocycles. The van der Waals surface area contributed by atoms with Crippen LogP contribution in [-0.4, -0.2) is 41.7 Å². The standard InChI is InChI=1S/C19H24N4O2/c1-3-4-10-19(21-22-19)11-7-18(24)23-12-8-15(9-13-23)17-6-5-16(25-2)14-20-17/h1,5-6,14-15H,4,7-13H2,2H3. The van der Waals surface area contributed by atoms with Crippen molar-refractivity contribution in [3.8, 4) is 18.1 Å². The molecule has 0 aromatic carbocycles. The van der Waals surface area contributed by atoms with E-state index in [0.717, 1.165) is 43.8 Å². The third-order valence-electron chi connectivity index (χ3n) is 5.05. The van der Waals surface area contributed by atoms with E-state index in [1.54, 1.807) is 13.3 Å². The van der Waals surface area contributed by atoms with Crippen molar-refractivity contribution in [2.45, 2.75) is 50.1 Å². The molecule has 0 spiro atoms. The van der Waals surface area contributed by atoms with Gasteiger partial charge in [-0.2, -0.15) is 10.2 Å². The zero-order valence-electron chi connectivity index (χ0n) is 14.6. The van der Waals surface area contributed by atoms with E-state index in [9.17, 15) is 4.79 Å². The number of aromatic nitrogens is 1. The highest BCUT2D eigenvalue weighted by atomic mass is 16.5. The van der Waals surface area contributed by atoms with Crippen molar-refractivity contribution in [2.75, 3.05) is 20.2 Å². The van der Waals surface area contributed by atoms with E-state index in [2.05, 4.69) is 21.1 Å². The molecule has 1 fully saturated rings. The van der Waals surface area contributed by atoms with Gasteiger partial charge in [0.05, 0.1) is 13.3 Å². The highest BCUT2D eigenvalue weighted by Crippen LogP contribution is 2.38. The van der Waals surface area contributed by atoms with Crippen molar-refractivity contribution < 1.29 is 9.53 Å². The van der Waals surface area contributed by atoms with E-state index in [-0.39, 0.29) is 11.6 Å². The van der Waals surface area contributed by atoms with Gasteiger partial charge < -0.3 is 9.64 Å². The van der Waals surface area contributed by atoms with Gasteiger partial charge >= 0.3 is 0 Å². The smallest absolute Gasteiger partial charge is 0.222 e. The molecular weight excluding hydrogens is 316 g/mol. The summed E-state index contributed by atoms with van der Waals surface area (Å²) in [4.78, 5) is 18.9. The molecule has 0 N–H and O–H groups in total. The summed E-state index contributed by atoms with van der Waals surface area (Å²) in [5.74, 6) is 3.98. The Hall–Kier alpha value is -2.42. The predicted molar refractivity (Wildman–Crippen MR) is 94.2 cm³/mol. The molecular formula is C19H24N4O2. The molecule has 6 nitrogen and oxygen atoms in total. The van der Waals surface area contributed by atoms with Crippen LogP contribution in [0.25, 0.3) is 0 Å². The number of pyridine rings is 1. The van der Waals surface area contributed by atoms with Gasteiger partial charge in [-0.05, 0) is 25.0 Å². The molecule has 1 amide bonds. The number of rotatable bonds is 7. The summed E-state index contributed by atoms with van der Waals surface area (Å²) in [6.45, 7) is 1.56. The third kappa shape index (κ3) is 4.36. The largest absolute Gasteiger partial charge is 0.495 e. The van der Waals surface area contributed by atoms with Crippen molar-refractivity contribution in [2.24, 2.45) is 10.2 Å². The molecule has 1 aromatic heterocycles. The van der Waals surface area contributed by atoms with Gasteiger partial charge in [-0.1, -0.05) is 0 Å². The highest BCUT2D eigenvalue weighted by molar-refractivity contribution is 5.76. The van der Waals surface area contributed by atoms with Crippen molar-refractivity contribution in [1.82, 2.24) is 9.88 Å². The molecule has 3 rings (SSSR count). The molecule has 0 aliphatic carbocycles. The first kappa shape index (κ1) is 17.4. The summed E-state index contributed by atoms with van der Waals surface area (Å²) in [6.07, 6.45) is 11.5. The quantitative estimate of drug-likeness (QED) is 0.716. The zero-order chi connectivity index (χ0) is 17.7. The first-order valence-corrected chi connectivity index (χ1v) is 8.81. The molecule has 0 bridgehead atoms. The van der Waals surface area contributed by atoms with Crippen LogP contribution in [0.1, 0.15) is 50.1 Å². The Morgan fingerprint density at radius 3 is 2.68 bits per heavy atom. The van der Waals surface area contributed by atoms with Gasteiger partial charge in [0.1, 0.15) is 5.75 Å². The Morgan fingerprint density at radius 2 is 2.12 bits per heavy atom. The molecule has 2 aliphatic rings. The van der Waals surface area contributed by atoms with Crippen molar-refractivity contribution in [1.29, 1.82) is 0 Å². The fourth-order valence-electron chi connectivity index (χ4n) is 3.31. The van der Waals surface area contributed by atoms with Gasteiger partial charge in [0.15, 0.2) is 5.66 Å². The minimum Gasteiger partial charge on any atom is -0.495 e.